The Labute approximate surface area is 100 Å². The molecule has 1 saturated heterocycles. The molecule has 2 aromatic rings. The second-order valence-electron chi connectivity index (χ2n) is 4.72. The molecule has 3 heterocycles. The third-order valence-corrected chi connectivity index (χ3v) is 3.34. The van der Waals surface area contributed by atoms with E-state index in [1.807, 2.05) is 6.20 Å². The van der Waals surface area contributed by atoms with Gasteiger partial charge in [0.15, 0.2) is 5.65 Å². The summed E-state index contributed by atoms with van der Waals surface area (Å²) >= 11 is 0. The highest BCUT2D eigenvalue weighted by atomic mass is 15.2. The van der Waals surface area contributed by atoms with E-state index in [1.165, 1.54) is 12.8 Å². The van der Waals surface area contributed by atoms with Gasteiger partial charge in [0.1, 0.15) is 0 Å². The molecule has 0 atom stereocenters. The van der Waals surface area contributed by atoms with Gasteiger partial charge in [0.05, 0.1) is 23.8 Å². The van der Waals surface area contributed by atoms with E-state index in [0.717, 1.165) is 36.8 Å². The molecule has 17 heavy (non-hydrogen) atoms. The Kier molecular flexibility index (Phi) is 2.68. The molecule has 1 aliphatic heterocycles. The highest BCUT2D eigenvalue weighted by molar-refractivity contribution is 5.44. The molecule has 0 aromatic carbocycles. The summed E-state index contributed by atoms with van der Waals surface area (Å²) in [4.78, 5) is 4.26. The Balaban J connectivity index is 1.80. The van der Waals surface area contributed by atoms with Crippen LogP contribution in [0, 0.1) is 5.92 Å². The molecule has 0 saturated carbocycles. The molecule has 1 aliphatic rings. The molecular weight excluding hydrogens is 214 g/mol. The smallest absolute Gasteiger partial charge is 0.155 e. The highest BCUT2D eigenvalue weighted by Gasteiger charge is 2.15. The first-order valence-corrected chi connectivity index (χ1v) is 6.12. The zero-order chi connectivity index (χ0) is 11.7. The molecule has 3 N–H and O–H groups in total. The lowest BCUT2D eigenvalue weighted by atomic mass is 9.93. The Morgan fingerprint density at radius 3 is 3.06 bits per heavy atom. The molecule has 0 bridgehead atoms. The quantitative estimate of drug-likeness (QED) is 0.804. The number of nitrogens with zero attached hydrogens (tertiary/aromatic N) is 3. The van der Waals surface area contributed by atoms with E-state index in [9.17, 15) is 0 Å². The topological polar surface area (TPSA) is 68.2 Å². The average molecular weight is 231 g/mol. The van der Waals surface area contributed by atoms with Crippen molar-refractivity contribution in [3.63, 3.8) is 0 Å². The van der Waals surface area contributed by atoms with Crippen molar-refractivity contribution in [3.05, 3.63) is 24.2 Å². The van der Waals surface area contributed by atoms with Crippen molar-refractivity contribution < 1.29 is 0 Å². The summed E-state index contributed by atoms with van der Waals surface area (Å²) in [5.74, 6) is 0.749. The first-order chi connectivity index (χ1) is 8.31. The zero-order valence-corrected chi connectivity index (χ0v) is 9.76. The molecular formula is C12H17N5. The summed E-state index contributed by atoms with van der Waals surface area (Å²) in [5.41, 5.74) is 8.33. The fraction of sp³-hybridized carbons (Fsp3) is 0.500. The van der Waals surface area contributed by atoms with Gasteiger partial charge in [-0.2, -0.15) is 5.10 Å². The number of aromatic nitrogens is 3. The number of anilines is 1. The number of piperidine rings is 1. The van der Waals surface area contributed by atoms with Gasteiger partial charge in [0.25, 0.3) is 0 Å². The van der Waals surface area contributed by atoms with Gasteiger partial charge in [-0.3, -0.25) is 0 Å². The van der Waals surface area contributed by atoms with Crippen LogP contribution >= 0.6 is 0 Å². The molecule has 5 nitrogen and oxygen atoms in total. The first kappa shape index (κ1) is 10.5. The Morgan fingerprint density at radius 2 is 2.24 bits per heavy atom. The van der Waals surface area contributed by atoms with Gasteiger partial charge < -0.3 is 11.1 Å². The maximum absolute atomic E-state index is 5.69. The molecule has 0 aliphatic carbocycles. The van der Waals surface area contributed by atoms with E-state index in [2.05, 4.69) is 21.5 Å². The minimum atomic E-state index is 0.647. The van der Waals surface area contributed by atoms with E-state index >= 15 is 0 Å². The predicted octanol–water partition coefficient (Wildman–Crippen LogP) is 0.854. The summed E-state index contributed by atoms with van der Waals surface area (Å²) in [7, 11) is 0. The highest BCUT2D eigenvalue weighted by Crippen LogP contribution is 2.18. The van der Waals surface area contributed by atoms with Crippen molar-refractivity contribution in [3.8, 4) is 0 Å². The predicted molar refractivity (Wildman–Crippen MR) is 66.7 cm³/mol. The molecule has 90 valence electrons. The Hall–Kier alpha value is -1.62. The number of hydrogen-bond donors (Lipinski definition) is 2. The third-order valence-electron chi connectivity index (χ3n) is 3.34. The number of nitrogens with two attached hydrogens (primary N) is 1. The van der Waals surface area contributed by atoms with Crippen LogP contribution < -0.4 is 11.1 Å². The number of nitrogen functional groups attached to an aromatic ring is 1. The van der Waals surface area contributed by atoms with Gasteiger partial charge >= 0.3 is 0 Å². The van der Waals surface area contributed by atoms with E-state index in [1.54, 1.807) is 10.7 Å². The third kappa shape index (κ3) is 2.24. The van der Waals surface area contributed by atoms with Crippen LogP contribution in [0.1, 0.15) is 18.5 Å². The largest absolute Gasteiger partial charge is 0.396 e. The first-order valence-electron chi connectivity index (χ1n) is 6.12. The van der Waals surface area contributed by atoms with E-state index < -0.39 is 0 Å². The number of hydrogen-bond acceptors (Lipinski definition) is 4. The molecule has 3 rings (SSSR count). The second kappa shape index (κ2) is 4.33. The summed E-state index contributed by atoms with van der Waals surface area (Å²) in [6.07, 6.45) is 7.01. The average Bonchev–Trinajstić information content (AvgIpc) is 2.71. The SMILES string of the molecule is Nc1cnc2cc(CC3CCNCC3)nn2c1. The van der Waals surface area contributed by atoms with Crippen molar-refractivity contribution in [1.29, 1.82) is 0 Å². The summed E-state index contributed by atoms with van der Waals surface area (Å²) < 4.78 is 1.77. The van der Waals surface area contributed by atoms with Crippen LogP contribution in [0.3, 0.4) is 0 Å². The van der Waals surface area contributed by atoms with Crippen molar-refractivity contribution in [1.82, 2.24) is 19.9 Å². The standard InChI is InChI=1S/C12H17N5/c13-10-7-15-12-6-11(16-17(12)8-10)5-9-1-3-14-4-2-9/h6-9,14H,1-5,13H2. The summed E-state index contributed by atoms with van der Waals surface area (Å²) in [5, 5.41) is 7.90. The zero-order valence-electron chi connectivity index (χ0n) is 9.76. The summed E-state index contributed by atoms with van der Waals surface area (Å²) in [6.45, 7) is 2.26. The summed E-state index contributed by atoms with van der Waals surface area (Å²) in [6, 6.07) is 2.06. The maximum Gasteiger partial charge on any atom is 0.155 e. The minimum absolute atomic E-state index is 0.647. The number of rotatable bonds is 2. The molecule has 2 aromatic heterocycles. The van der Waals surface area contributed by atoms with E-state index in [0.29, 0.717) is 5.69 Å². The van der Waals surface area contributed by atoms with Gasteiger partial charge in [-0.15, -0.1) is 0 Å². The van der Waals surface area contributed by atoms with Crippen LogP contribution in [0.4, 0.5) is 5.69 Å². The molecule has 0 unspecified atom stereocenters. The maximum atomic E-state index is 5.69. The number of fused-ring (bicyclic) bond motifs is 1. The van der Waals surface area contributed by atoms with Crippen LogP contribution in [0.5, 0.6) is 0 Å². The lowest BCUT2D eigenvalue weighted by Gasteiger charge is -2.21. The fourth-order valence-corrected chi connectivity index (χ4v) is 2.42. The van der Waals surface area contributed by atoms with Crippen LogP contribution in [0.25, 0.3) is 5.65 Å². The van der Waals surface area contributed by atoms with Crippen molar-refractivity contribution in [2.45, 2.75) is 19.3 Å². The normalized spacial score (nSPS) is 17.6. The molecule has 5 heteroatoms. The van der Waals surface area contributed by atoms with Gasteiger partial charge in [-0.1, -0.05) is 0 Å². The lowest BCUT2D eigenvalue weighted by Crippen LogP contribution is -2.28. The van der Waals surface area contributed by atoms with Gasteiger partial charge in [0.2, 0.25) is 0 Å². The van der Waals surface area contributed by atoms with Crippen molar-refractivity contribution in [2.24, 2.45) is 5.92 Å². The minimum Gasteiger partial charge on any atom is -0.396 e. The molecule has 0 amide bonds. The molecule has 0 radical (unpaired) electrons. The number of nitrogens with one attached hydrogen (secondary N) is 1. The van der Waals surface area contributed by atoms with E-state index in [-0.39, 0.29) is 0 Å². The second-order valence-corrected chi connectivity index (χ2v) is 4.72. The van der Waals surface area contributed by atoms with Gasteiger partial charge in [-0.05, 0) is 38.3 Å². The fourth-order valence-electron chi connectivity index (χ4n) is 2.42. The van der Waals surface area contributed by atoms with Gasteiger partial charge in [0, 0.05) is 6.07 Å². The molecule has 0 spiro atoms. The molecule has 1 fully saturated rings. The monoisotopic (exact) mass is 231 g/mol. The lowest BCUT2D eigenvalue weighted by molar-refractivity contribution is 0.370. The van der Waals surface area contributed by atoms with Crippen molar-refractivity contribution in [2.75, 3.05) is 18.8 Å². The Morgan fingerprint density at radius 1 is 1.41 bits per heavy atom. The van der Waals surface area contributed by atoms with Crippen LogP contribution in [-0.4, -0.2) is 27.7 Å². The van der Waals surface area contributed by atoms with Crippen LogP contribution in [0.15, 0.2) is 18.5 Å². The Bertz CT molecular complexity index is 513. The van der Waals surface area contributed by atoms with Crippen LogP contribution in [0.2, 0.25) is 0 Å². The van der Waals surface area contributed by atoms with Crippen molar-refractivity contribution >= 4 is 11.3 Å². The van der Waals surface area contributed by atoms with E-state index in [4.69, 9.17) is 5.73 Å². The van der Waals surface area contributed by atoms with Gasteiger partial charge in [-0.25, -0.2) is 9.50 Å². The van der Waals surface area contributed by atoms with Crippen LogP contribution in [-0.2, 0) is 6.42 Å².